The Labute approximate surface area is 144 Å². The number of carbonyl (C=O) groups is 2. The summed E-state index contributed by atoms with van der Waals surface area (Å²) in [5.74, 6) is -1.56. The molecule has 0 heterocycles. The van der Waals surface area contributed by atoms with E-state index in [0.29, 0.717) is 0 Å². The standard InChI is InChI=1S/C15H19FN2O5S/c1-8(14(20)21)17-15(22)18(9(2)24)7-12(19)11-6-10(16)4-5-13(11)23-3/h4-6,8,12,19,24H,2,7H2,1,3H3,(H,17,22)(H,20,21)/t8?,12-/m0/s1. The summed E-state index contributed by atoms with van der Waals surface area (Å²) in [7, 11) is 1.36. The van der Waals surface area contributed by atoms with E-state index in [1.165, 1.54) is 26.2 Å². The predicted octanol–water partition coefficient (Wildman–Crippen LogP) is 1.75. The number of thiol groups is 1. The molecule has 9 heteroatoms. The van der Waals surface area contributed by atoms with Crippen molar-refractivity contribution in [1.29, 1.82) is 0 Å². The minimum atomic E-state index is -1.30. The molecule has 2 amide bonds. The molecule has 0 saturated carbocycles. The van der Waals surface area contributed by atoms with E-state index < -0.39 is 30.0 Å². The van der Waals surface area contributed by atoms with Gasteiger partial charge in [0.2, 0.25) is 0 Å². The molecule has 1 aromatic rings. The molecule has 2 atom stereocenters. The summed E-state index contributed by atoms with van der Waals surface area (Å²) in [4.78, 5) is 23.9. The molecule has 24 heavy (non-hydrogen) atoms. The molecule has 0 bridgehead atoms. The summed E-state index contributed by atoms with van der Waals surface area (Å²) >= 11 is 3.97. The minimum absolute atomic E-state index is 0.0143. The van der Waals surface area contributed by atoms with Gasteiger partial charge in [-0.25, -0.2) is 9.18 Å². The van der Waals surface area contributed by atoms with Gasteiger partial charge in [0, 0.05) is 5.56 Å². The summed E-state index contributed by atoms with van der Waals surface area (Å²) in [6.07, 6.45) is -1.30. The maximum Gasteiger partial charge on any atom is 0.325 e. The van der Waals surface area contributed by atoms with Gasteiger partial charge in [-0.2, -0.15) is 0 Å². The number of ether oxygens (including phenoxy) is 1. The van der Waals surface area contributed by atoms with Crippen LogP contribution in [-0.2, 0) is 4.79 Å². The third-order valence-corrected chi connectivity index (χ3v) is 3.41. The van der Waals surface area contributed by atoms with Gasteiger partial charge < -0.3 is 20.3 Å². The van der Waals surface area contributed by atoms with Crippen LogP contribution in [0.5, 0.6) is 5.75 Å². The van der Waals surface area contributed by atoms with Crippen molar-refractivity contribution in [2.45, 2.75) is 19.1 Å². The van der Waals surface area contributed by atoms with E-state index >= 15 is 0 Å². The van der Waals surface area contributed by atoms with Crippen molar-refractivity contribution in [2.75, 3.05) is 13.7 Å². The van der Waals surface area contributed by atoms with Gasteiger partial charge in [0.25, 0.3) is 0 Å². The fourth-order valence-corrected chi connectivity index (χ4v) is 2.04. The predicted molar refractivity (Wildman–Crippen MR) is 88.4 cm³/mol. The Bertz CT molecular complexity index is 640. The van der Waals surface area contributed by atoms with Crippen LogP contribution in [0.4, 0.5) is 9.18 Å². The molecule has 7 nitrogen and oxygen atoms in total. The molecular formula is C15H19FN2O5S. The van der Waals surface area contributed by atoms with Crippen LogP contribution < -0.4 is 10.1 Å². The highest BCUT2D eigenvalue weighted by Gasteiger charge is 2.24. The number of amides is 2. The first-order valence-corrected chi connectivity index (χ1v) is 7.32. The highest BCUT2D eigenvalue weighted by molar-refractivity contribution is 7.84. The van der Waals surface area contributed by atoms with Crippen molar-refractivity contribution in [2.24, 2.45) is 0 Å². The highest BCUT2D eigenvalue weighted by atomic mass is 32.1. The van der Waals surface area contributed by atoms with Crippen LogP contribution >= 0.6 is 12.6 Å². The lowest BCUT2D eigenvalue weighted by Crippen LogP contribution is -2.46. The Balaban J connectivity index is 2.96. The van der Waals surface area contributed by atoms with Gasteiger partial charge in [-0.15, -0.1) is 12.6 Å². The molecular weight excluding hydrogens is 339 g/mol. The summed E-state index contributed by atoms with van der Waals surface area (Å²) in [5.41, 5.74) is 0.135. The highest BCUT2D eigenvalue weighted by Crippen LogP contribution is 2.27. The van der Waals surface area contributed by atoms with Crippen molar-refractivity contribution < 1.29 is 28.9 Å². The molecule has 1 unspecified atom stereocenters. The third kappa shape index (κ3) is 5.14. The summed E-state index contributed by atoms with van der Waals surface area (Å²) in [6, 6.07) is 1.65. The molecule has 0 radical (unpaired) electrons. The zero-order chi connectivity index (χ0) is 18.4. The Hall–Kier alpha value is -2.26. The van der Waals surface area contributed by atoms with E-state index in [4.69, 9.17) is 9.84 Å². The largest absolute Gasteiger partial charge is 0.496 e. The van der Waals surface area contributed by atoms with Crippen LogP contribution in [0.1, 0.15) is 18.6 Å². The van der Waals surface area contributed by atoms with Crippen LogP contribution in [-0.4, -0.2) is 46.8 Å². The van der Waals surface area contributed by atoms with Crippen molar-refractivity contribution in [1.82, 2.24) is 10.2 Å². The number of halogens is 1. The Morgan fingerprint density at radius 3 is 2.62 bits per heavy atom. The monoisotopic (exact) mass is 358 g/mol. The molecule has 1 rings (SSSR count). The van der Waals surface area contributed by atoms with Gasteiger partial charge in [-0.3, -0.25) is 9.69 Å². The lowest BCUT2D eigenvalue weighted by Gasteiger charge is -2.26. The van der Waals surface area contributed by atoms with E-state index in [1.54, 1.807) is 0 Å². The number of hydrogen-bond acceptors (Lipinski definition) is 5. The first-order chi connectivity index (χ1) is 11.2. The van der Waals surface area contributed by atoms with Crippen LogP contribution in [0.2, 0.25) is 0 Å². The molecule has 132 valence electrons. The maximum atomic E-state index is 13.4. The topological polar surface area (TPSA) is 99.1 Å². The molecule has 0 aliphatic heterocycles. The molecule has 0 aliphatic rings. The number of rotatable bonds is 7. The fourth-order valence-electron chi connectivity index (χ4n) is 1.87. The number of carboxylic acid groups (broad SMARTS) is 1. The number of aliphatic carboxylic acids is 1. The molecule has 0 spiro atoms. The Kier molecular flexibility index (Phi) is 7.05. The average Bonchev–Trinajstić information content (AvgIpc) is 2.51. The number of aliphatic hydroxyl groups excluding tert-OH is 1. The van der Waals surface area contributed by atoms with E-state index in [9.17, 15) is 19.1 Å². The number of aliphatic hydroxyl groups is 1. The minimum Gasteiger partial charge on any atom is -0.496 e. The van der Waals surface area contributed by atoms with Gasteiger partial charge in [0.1, 0.15) is 23.7 Å². The van der Waals surface area contributed by atoms with Crippen LogP contribution in [0.3, 0.4) is 0 Å². The van der Waals surface area contributed by atoms with Crippen molar-refractivity contribution in [3.05, 3.63) is 41.2 Å². The van der Waals surface area contributed by atoms with E-state index in [1.807, 2.05) is 0 Å². The second-order valence-corrected chi connectivity index (χ2v) is 5.45. The molecule has 3 N–H and O–H groups in total. The van der Waals surface area contributed by atoms with Crippen molar-refractivity contribution in [3.63, 3.8) is 0 Å². The summed E-state index contributed by atoms with van der Waals surface area (Å²) in [5, 5.41) is 21.3. The number of methoxy groups -OCH3 is 1. The quantitative estimate of drug-likeness (QED) is 0.557. The molecule has 0 aliphatic carbocycles. The fraction of sp³-hybridized carbons (Fsp3) is 0.333. The van der Waals surface area contributed by atoms with Crippen LogP contribution in [0, 0.1) is 5.82 Å². The average molecular weight is 358 g/mol. The maximum absolute atomic E-state index is 13.4. The molecule has 0 aromatic heterocycles. The van der Waals surface area contributed by atoms with Gasteiger partial charge in [0.15, 0.2) is 0 Å². The van der Waals surface area contributed by atoms with Gasteiger partial charge in [-0.1, -0.05) is 6.58 Å². The number of carbonyl (C=O) groups excluding carboxylic acids is 1. The zero-order valence-electron chi connectivity index (χ0n) is 13.2. The smallest absolute Gasteiger partial charge is 0.325 e. The normalized spacial score (nSPS) is 12.9. The number of nitrogens with zero attached hydrogens (tertiary/aromatic N) is 1. The van der Waals surface area contributed by atoms with Crippen molar-refractivity contribution >= 4 is 24.6 Å². The number of carboxylic acids is 1. The molecule has 0 saturated heterocycles. The van der Waals surface area contributed by atoms with E-state index in [-0.39, 0.29) is 22.9 Å². The molecule has 1 aromatic carbocycles. The van der Waals surface area contributed by atoms with Crippen molar-refractivity contribution in [3.8, 4) is 5.75 Å². The van der Waals surface area contributed by atoms with Crippen LogP contribution in [0.25, 0.3) is 0 Å². The van der Waals surface area contributed by atoms with Crippen LogP contribution in [0.15, 0.2) is 29.8 Å². The first kappa shape index (κ1) is 19.8. The lowest BCUT2D eigenvalue weighted by atomic mass is 10.1. The second kappa shape index (κ2) is 8.55. The first-order valence-electron chi connectivity index (χ1n) is 6.87. The second-order valence-electron chi connectivity index (χ2n) is 4.94. The van der Waals surface area contributed by atoms with Gasteiger partial charge in [-0.05, 0) is 25.1 Å². The lowest BCUT2D eigenvalue weighted by molar-refractivity contribution is -0.138. The van der Waals surface area contributed by atoms with Gasteiger partial charge >= 0.3 is 12.0 Å². The molecule has 0 fully saturated rings. The Morgan fingerprint density at radius 2 is 2.12 bits per heavy atom. The van der Waals surface area contributed by atoms with E-state index in [0.717, 1.165) is 11.0 Å². The summed E-state index contributed by atoms with van der Waals surface area (Å²) < 4.78 is 18.5. The summed E-state index contributed by atoms with van der Waals surface area (Å²) in [6.45, 7) is 4.47. The Morgan fingerprint density at radius 1 is 1.50 bits per heavy atom. The SMILES string of the molecule is C=C(S)N(C[C@H](O)c1cc(F)ccc1OC)C(=O)NC(C)C(=O)O. The number of urea groups is 1. The third-order valence-electron chi connectivity index (χ3n) is 3.17. The number of benzene rings is 1. The van der Waals surface area contributed by atoms with E-state index in [2.05, 4.69) is 24.5 Å². The number of hydrogen-bond donors (Lipinski definition) is 4. The number of nitrogens with one attached hydrogen (secondary N) is 1. The van der Waals surface area contributed by atoms with Gasteiger partial charge in [0.05, 0.1) is 18.7 Å². The zero-order valence-corrected chi connectivity index (χ0v) is 14.1.